The molecule has 8 heteroatoms. The van der Waals surface area contributed by atoms with Gasteiger partial charge >= 0.3 is 0 Å². The third-order valence-corrected chi connectivity index (χ3v) is 5.60. The van der Waals surface area contributed by atoms with E-state index in [9.17, 15) is 8.42 Å². The molecule has 2 N–H and O–H groups in total. The van der Waals surface area contributed by atoms with Crippen molar-refractivity contribution in [2.24, 2.45) is 0 Å². The molecule has 0 spiro atoms. The summed E-state index contributed by atoms with van der Waals surface area (Å²) in [6, 6.07) is 10.7. The van der Waals surface area contributed by atoms with Crippen LogP contribution < -0.4 is 4.72 Å². The van der Waals surface area contributed by atoms with Crippen LogP contribution in [0.3, 0.4) is 0 Å². The van der Waals surface area contributed by atoms with Crippen molar-refractivity contribution in [3.8, 4) is 0 Å². The summed E-state index contributed by atoms with van der Waals surface area (Å²) in [4.78, 5) is 5.67. The Balaban J connectivity index is 1.51. The molecule has 0 bridgehead atoms. The zero-order valence-electron chi connectivity index (χ0n) is 14.7. The van der Waals surface area contributed by atoms with E-state index < -0.39 is 10.0 Å². The Hall–Kier alpha value is -2.16. The summed E-state index contributed by atoms with van der Waals surface area (Å²) in [5.41, 5.74) is 3.62. The average Bonchev–Trinajstić information content (AvgIpc) is 3.22. The van der Waals surface area contributed by atoms with Crippen LogP contribution in [0.1, 0.15) is 23.7 Å². The number of benzene rings is 1. The molecule has 0 radical (unpaired) electrons. The van der Waals surface area contributed by atoms with E-state index in [1.54, 1.807) is 0 Å². The summed E-state index contributed by atoms with van der Waals surface area (Å²) < 4.78 is 27.3. The Morgan fingerprint density at radius 3 is 3.04 bits per heavy atom. The van der Waals surface area contributed by atoms with E-state index >= 15 is 0 Å². The summed E-state index contributed by atoms with van der Waals surface area (Å²) in [7, 11) is -3.17. The van der Waals surface area contributed by atoms with Gasteiger partial charge in [-0.3, -0.25) is 9.58 Å². The molecule has 0 aliphatic carbocycles. The molecule has 0 saturated heterocycles. The molecule has 0 saturated carbocycles. The van der Waals surface area contributed by atoms with Crippen LogP contribution in [-0.4, -0.2) is 47.4 Å². The smallest absolute Gasteiger partial charge is 0.208 e. The molecule has 3 heterocycles. The Labute approximate surface area is 153 Å². The molecule has 7 nitrogen and oxygen atoms in total. The van der Waals surface area contributed by atoms with Crippen LogP contribution in [0.15, 0.2) is 42.7 Å². The highest BCUT2D eigenvalue weighted by atomic mass is 32.2. The Bertz CT molecular complexity index is 1010. The van der Waals surface area contributed by atoms with Crippen molar-refractivity contribution in [2.45, 2.75) is 25.6 Å². The highest BCUT2D eigenvalue weighted by Gasteiger charge is 2.25. The summed E-state index contributed by atoms with van der Waals surface area (Å²) >= 11 is 0. The average molecular weight is 373 g/mol. The molecule has 26 heavy (non-hydrogen) atoms. The zero-order valence-corrected chi connectivity index (χ0v) is 15.5. The lowest BCUT2D eigenvalue weighted by Crippen LogP contribution is -2.38. The number of aromatic nitrogens is 3. The molecule has 1 aromatic carbocycles. The largest absolute Gasteiger partial charge is 0.361 e. The van der Waals surface area contributed by atoms with E-state index in [1.807, 2.05) is 23.1 Å². The number of nitrogens with one attached hydrogen (secondary N) is 2. The minimum Gasteiger partial charge on any atom is -0.361 e. The topological polar surface area (TPSA) is 83.0 Å². The second-order valence-corrected chi connectivity index (χ2v) is 8.73. The maximum Gasteiger partial charge on any atom is 0.208 e. The van der Waals surface area contributed by atoms with Crippen LogP contribution in [0.4, 0.5) is 0 Å². The van der Waals surface area contributed by atoms with Crippen LogP contribution >= 0.6 is 0 Å². The van der Waals surface area contributed by atoms with Gasteiger partial charge < -0.3 is 4.98 Å². The summed E-state index contributed by atoms with van der Waals surface area (Å²) in [6.07, 6.45) is 5.70. The molecule has 1 aliphatic heterocycles. The molecular weight excluding hydrogens is 350 g/mol. The van der Waals surface area contributed by atoms with Crippen LogP contribution in [0.5, 0.6) is 0 Å². The first-order chi connectivity index (χ1) is 12.5. The number of fused-ring (bicyclic) bond motifs is 2. The van der Waals surface area contributed by atoms with Crippen molar-refractivity contribution < 1.29 is 8.42 Å². The third kappa shape index (κ3) is 3.67. The molecule has 4 rings (SSSR count). The molecule has 138 valence electrons. The van der Waals surface area contributed by atoms with Crippen molar-refractivity contribution in [3.63, 3.8) is 0 Å². The predicted octanol–water partition coefficient (Wildman–Crippen LogP) is 1.86. The number of hydrogen-bond donors (Lipinski definition) is 2. The van der Waals surface area contributed by atoms with E-state index in [0.717, 1.165) is 25.2 Å². The van der Waals surface area contributed by atoms with Crippen molar-refractivity contribution >= 4 is 20.9 Å². The van der Waals surface area contributed by atoms with Crippen LogP contribution in [0, 0.1) is 0 Å². The summed E-state index contributed by atoms with van der Waals surface area (Å²) in [5.74, 6) is 0. The predicted molar refractivity (Wildman–Crippen MR) is 101 cm³/mol. The van der Waals surface area contributed by atoms with Gasteiger partial charge in [0, 0.05) is 49.5 Å². The van der Waals surface area contributed by atoms with Gasteiger partial charge in [0.05, 0.1) is 18.0 Å². The second-order valence-electron chi connectivity index (χ2n) is 6.90. The van der Waals surface area contributed by atoms with Gasteiger partial charge in [-0.2, -0.15) is 5.10 Å². The van der Waals surface area contributed by atoms with Crippen molar-refractivity contribution in [3.05, 3.63) is 54.0 Å². The lowest BCUT2D eigenvalue weighted by molar-refractivity contribution is 0.162. The SMILES string of the molecule is CS(=O)(=O)NCCC1CN(Cc2cccc3[nH]ccc23)Cc2ccnn21. The van der Waals surface area contributed by atoms with Gasteiger partial charge in [0.1, 0.15) is 0 Å². The van der Waals surface area contributed by atoms with E-state index in [-0.39, 0.29) is 6.04 Å². The highest BCUT2D eigenvalue weighted by Crippen LogP contribution is 2.26. The fourth-order valence-electron chi connectivity index (χ4n) is 3.74. The van der Waals surface area contributed by atoms with Gasteiger partial charge in [-0.25, -0.2) is 13.1 Å². The van der Waals surface area contributed by atoms with Crippen molar-refractivity contribution in [1.82, 2.24) is 24.4 Å². The molecule has 0 amide bonds. The van der Waals surface area contributed by atoms with E-state index in [2.05, 4.69) is 44.0 Å². The van der Waals surface area contributed by atoms with Gasteiger partial charge in [-0.15, -0.1) is 0 Å². The molecule has 1 atom stereocenters. The first-order valence-electron chi connectivity index (χ1n) is 8.74. The fraction of sp³-hybridized carbons (Fsp3) is 0.389. The Morgan fingerprint density at radius 1 is 1.31 bits per heavy atom. The first-order valence-corrected chi connectivity index (χ1v) is 10.6. The molecular formula is C18H23N5O2S. The van der Waals surface area contributed by atoms with Crippen molar-refractivity contribution in [2.75, 3.05) is 19.3 Å². The molecule has 2 aromatic heterocycles. The number of rotatable bonds is 6. The maximum absolute atomic E-state index is 11.3. The minimum absolute atomic E-state index is 0.161. The number of H-pyrrole nitrogens is 1. The molecule has 0 fully saturated rings. The van der Waals surface area contributed by atoms with Gasteiger partial charge in [0.2, 0.25) is 10.0 Å². The van der Waals surface area contributed by atoms with Crippen LogP contribution in [0.25, 0.3) is 10.9 Å². The second kappa shape index (κ2) is 6.86. The van der Waals surface area contributed by atoms with E-state index in [0.29, 0.717) is 13.0 Å². The summed E-state index contributed by atoms with van der Waals surface area (Å²) in [6.45, 7) is 2.97. The Kier molecular flexibility index (Phi) is 4.56. The lowest BCUT2D eigenvalue weighted by Gasteiger charge is -2.34. The first kappa shape index (κ1) is 17.3. The van der Waals surface area contributed by atoms with E-state index in [4.69, 9.17) is 0 Å². The van der Waals surface area contributed by atoms with Crippen LogP contribution in [0.2, 0.25) is 0 Å². The zero-order chi connectivity index (χ0) is 18.1. The molecule has 3 aromatic rings. The standard InChI is InChI=1S/C18H23N5O2S/c1-26(24,25)21-10-6-16-13-22(12-15-5-9-20-23(15)16)11-14-3-2-4-18-17(14)7-8-19-18/h2-5,7-9,16,19,21H,6,10-13H2,1H3. The Morgan fingerprint density at radius 2 is 2.19 bits per heavy atom. The molecule has 1 unspecified atom stereocenters. The number of nitrogens with zero attached hydrogens (tertiary/aromatic N) is 3. The van der Waals surface area contributed by atoms with Gasteiger partial charge in [0.15, 0.2) is 0 Å². The normalized spacial score (nSPS) is 18.3. The fourth-order valence-corrected chi connectivity index (χ4v) is 4.23. The van der Waals surface area contributed by atoms with Gasteiger partial charge in [-0.1, -0.05) is 12.1 Å². The number of hydrogen-bond acceptors (Lipinski definition) is 4. The van der Waals surface area contributed by atoms with E-state index in [1.165, 1.54) is 22.9 Å². The third-order valence-electron chi connectivity index (χ3n) is 4.87. The molecule has 1 aliphatic rings. The minimum atomic E-state index is -3.17. The van der Waals surface area contributed by atoms with Crippen LogP contribution in [-0.2, 0) is 23.1 Å². The number of aromatic amines is 1. The van der Waals surface area contributed by atoms with Crippen molar-refractivity contribution in [1.29, 1.82) is 0 Å². The number of sulfonamides is 1. The van der Waals surface area contributed by atoms with Gasteiger partial charge in [-0.05, 0) is 30.2 Å². The lowest BCUT2D eigenvalue weighted by atomic mass is 10.1. The maximum atomic E-state index is 11.3. The summed E-state index contributed by atoms with van der Waals surface area (Å²) in [5, 5.41) is 5.70. The van der Waals surface area contributed by atoms with Gasteiger partial charge in [0.25, 0.3) is 0 Å². The highest BCUT2D eigenvalue weighted by molar-refractivity contribution is 7.88. The monoisotopic (exact) mass is 373 g/mol. The quantitative estimate of drug-likeness (QED) is 0.691.